The molecule has 9 nitrogen and oxygen atoms in total. The second kappa shape index (κ2) is 11.0. The number of hydrogen-bond donors (Lipinski definition) is 2. The van der Waals surface area contributed by atoms with Gasteiger partial charge in [-0.1, -0.05) is 36.4 Å². The zero-order valence-electron chi connectivity index (χ0n) is 19.5. The molecule has 36 heavy (non-hydrogen) atoms. The summed E-state index contributed by atoms with van der Waals surface area (Å²) in [6.07, 6.45) is 0.573. The highest BCUT2D eigenvalue weighted by atomic mass is 32.1. The molecular formula is C26H24N4O5S. The first-order valence-corrected chi connectivity index (χ1v) is 12.2. The zero-order valence-corrected chi connectivity index (χ0v) is 20.3. The van der Waals surface area contributed by atoms with Crippen molar-refractivity contribution in [3.8, 4) is 0 Å². The third-order valence-electron chi connectivity index (χ3n) is 5.98. The minimum absolute atomic E-state index is 0.107. The lowest BCUT2D eigenvalue weighted by Crippen LogP contribution is -2.48. The maximum atomic E-state index is 13.1. The Hall–Kier alpha value is -4.18. The number of nitrogens with one attached hydrogen (secondary N) is 2. The molecule has 0 bridgehead atoms. The van der Waals surface area contributed by atoms with E-state index in [0.29, 0.717) is 35.5 Å². The number of carbonyl (C=O) groups is 4. The second-order valence-electron chi connectivity index (χ2n) is 8.43. The van der Waals surface area contributed by atoms with Crippen LogP contribution in [0.5, 0.6) is 0 Å². The van der Waals surface area contributed by atoms with Gasteiger partial charge in [-0.25, -0.2) is 0 Å². The standard InChI is InChI=1S/C26H24N4O5S/c1-16-12-20-18(9-10-30(26(20)34)15-17-6-3-2-4-7-17)13-19(16)23(31)28-21(24(32)29-35)14-27-25(33)22-8-5-11-36-22/h2-8,11-13,21H,9-10,14-15H2,1H3,(H,27,33)(H,28,31)/t21-/m0/s1. The fraction of sp³-hybridized carbons (Fsp3) is 0.231. The van der Waals surface area contributed by atoms with Gasteiger partial charge in [0.2, 0.25) is 0 Å². The van der Waals surface area contributed by atoms with E-state index in [1.807, 2.05) is 30.3 Å². The summed E-state index contributed by atoms with van der Waals surface area (Å²) >= 11 is 1.22. The molecule has 10 heteroatoms. The molecule has 1 aromatic heterocycles. The second-order valence-corrected chi connectivity index (χ2v) is 9.38. The van der Waals surface area contributed by atoms with Crippen molar-refractivity contribution < 1.29 is 19.2 Å². The third kappa shape index (κ3) is 5.55. The van der Waals surface area contributed by atoms with Gasteiger partial charge in [0, 0.05) is 35.9 Å². The number of rotatable bonds is 8. The molecular weight excluding hydrogens is 480 g/mol. The van der Waals surface area contributed by atoms with E-state index >= 15 is 0 Å². The van der Waals surface area contributed by atoms with Gasteiger partial charge in [-0.3, -0.25) is 19.2 Å². The van der Waals surface area contributed by atoms with E-state index in [1.165, 1.54) is 11.3 Å². The van der Waals surface area contributed by atoms with Gasteiger partial charge >= 0.3 is 5.91 Å². The maximum absolute atomic E-state index is 13.1. The third-order valence-corrected chi connectivity index (χ3v) is 6.85. The fourth-order valence-corrected chi connectivity index (χ4v) is 4.71. The lowest BCUT2D eigenvalue weighted by Gasteiger charge is -2.29. The summed E-state index contributed by atoms with van der Waals surface area (Å²) in [7, 11) is 0. The Morgan fingerprint density at radius 2 is 1.86 bits per heavy atom. The number of benzene rings is 2. The van der Waals surface area contributed by atoms with Crippen LogP contribution < -0.4 is 10.6 Å². The van der Waals surface area contributed by atoms with E-state index in [1.54, 1.807) is 41.5 Å². The highest BCUT2D eigenvalue weighted by Crippen LogP contribution is 2.24. The van der Waals surface area contributed by atoms with Crippen molar-refractivity contribution in [2.75, 3.05) is 13.1 Å². The van der Waals surface area contributed by atoms with Crippen LogP contribution in [0.2, 0.25) is 0 Å². The molecule has 0 saturated heterocycles. The number of hydrogen-bond acceptors (Lipinski definition) is 6. The Labute approximate surface area is 211 Å². The smallest absolute Gasteiger partial charge is 0.310 e. The summed E-state index contributed by atoms with van der Waals surface area (Å²) in [5.41, 5.74) is 3.15. The van der Waals surface area contributed by atoms with Gasteiger partial charge in [-0.15, -0.1) is 16.2 Å². The fourth-order valence-electron chi connectivity index (χ4n) is 4.07. The van der Waals surface area contributed by atoms with Gasteiger partial charge in [0.25, 0.3) is 17.7 Å². The van der Waals surface area contributed by atoms with E-state index in [-0.39, 0.29) is 18.0 Å². The summed E-state index contributed by atoms with van der Waals surface area (Å²) < 4.78 is 0. The molecule has 2 N–H and O–H groups in total. The zero-order chi connectivity index (χ0) is 25.7. The highest BCUT2D eigenvalue weighted by Gasteiger charge is 2.28. The van der Waals surface area contributed by atoms with Gasteiger partial charge < -0.3 is 15.5 Å². The number of carbonyl (C=O) groups excluding carboxylic acids is 4. The summed E-state index contributed by atoms with van der Waals surface area (Å²) in [5.74, 6) is -2.23. The van der Waals surface area contributed by atoms with E-state index < -0.39 is 23.8 Å². The van der Waals surface area contributed by atoms with E-state index in [4.69, 9.17) is 0 Å². The average molecular weight is 505 g/mol. The molecule has 4 amide bonds. The number of thiophene rings is 1. The number of nitroso groups, excluding NO2 is 1. The predicted octanol–water partition coefficient (Wildman–Crippen LogP) is 3.08. The highest BCUT2D eigenvalue weighted by molar-refractivity contribution is 7.12. The van der Waals surface area contributed by atoms with Crippen LogP contribution in [0.3, 0.4) is 0 Å². The molecule has 0 spiro atoms. The van der Waals surface area contributed by atoms with Crippen molar-refractivity contribution in [1.29, 1.82) is 0 Å². The van der Waals surface area contributed by atoms with Crippen LogP contribution in [-0.2, 0) is 17.8 Å². The molecule has 1 aliphatic rings. The SMILES string of the molecule is Cc1cc2c(cc1C(=O)N[C@@H](CNC(=O)c1cccs1)C(=O)N=O)CCN(Cc1ccccc1)C2=O. The normalized spacial score (nSPS) is 13.5. The van der Waals surface area contributed by atoms with Crippen molar-refractivity contribution in [1.82, 2.24) is 15.5 Å². The van der Waals surface area contributed by atoms with Crippen molar-refractivity contribution in [3.05, 3.63) is 97.6 Å². The quantitative estimate of drug-likeness (QED) is 0.456. The molecule has 4 rings (SSSR count). The first kappa shape index (κ1) is 24.9. The minimum atomic E-state index is -1.32. The Morgan fingerprint density at radius 1 is 1.08 bits per heavy atom. The molecule has 3 aromatic rings. The van der Waals surface area contributed by atoms with Crippen LogP contribution in [0.4, 0.5) is 0 Å². The molecule has 0 radical (unpaired) electrons. The van der Waals surface area contributed by atoms with E-state index in [9.17, 15) is 24.1 Å². The molecule has 1 atom stereocenters. The number of amides is 4. The van der Waals surface area contributed by atoms with Gasteiger partial charge in [0.05, 0.1) is 4.88 Å². The van der Waals surface area contributed by atoms with Crippen molar-refractivity contribution in [2.24, 2.45) is 5.18 Å². The lowest BCUT2D eigenvalue weighted by atomic mass is 9.92. The van der Waals surface area contributed by atoms with Crippen LogP contribution >= 0.6 is 11.3 Å². The lowest BCUT2D eigenvalue weighted by molar-refractivity contribution is -0.119. The first-order chi connectivity index (χ1) is 17.4. The van der Waals surface area contributed by atoms with Crippen LogP contribution in [0.1, 0.15) is 47.1 Å². The summed E-state index contributed by atoms with van der Waals surface area (Å²) in [5, 5.41) is 9.19. The van der Waals surface area contributed by atoms with Gasteiger partial charge in [0.1, 0.15) is 6.04 Å². The van der Waals surface area contributed by atoms with Crippen LogP contribution in [0.15, 0.2) is 65.2 Å². The molecule has 0 fully saturated rings. The number of fused-ring (bicyclic) bond motifs is 1. The average Bonchev–Trinajstić information content (AvgIpc) is 3.43. The molecule has 1 aliphatic heterocycles. The van der Waals surface area contributed by atoms with Gasteiger partial charge in [-0.2, -0.15) is 0 Å². The molecule has 0 aliphatic carbocycles. The maximum Gasteiger partial charge on any atom is 0.310 e. The van der Waals surface area contributed by atoms with Gasteiger partial charge in [-0.05, 0) is 53.6 Å². The molecule has 184 valence electrons. The Morgan fingerprint density at radius 3 is 2.56 bits per heavy atom. The number of nitrogens with zero attached hydrogens (tertiary/aromatic N) is 2. The molecule has 0 saturated carbocycles. The summed E-state index contributed by atoms with van der Waals surface area (Å²) in [4.78, 5) is 63.5. The largest absolute Gasteiger partial charge is 0.349 e. The molecule has 0 unspecified atom stereocenters. The summed E-state index contributed by atoms with van der Waals surface area (Å²) in [6, 6.07) is 15.1. The Kier molecular flexibility index (Phi) is 7.65. The Bertz CT molecular complexity index is 1310. The van der Waals surface area contributed by atoms with Crippen LogP contribution in [0.25, 0.3) is 0 Å². The number of aryl methyl sites for hydroxylation is 1. The monoisotopic (exact) mass is 504 g/mol. The van der Waals surface area contributed by atoms with E-state index in [2.05, 4.69) is 15.8 Å². The molecule has 2 heterocycles. The Balaban J connectivity index is 1.47. The summed E-state index contributed by atoms with van der Waals surface area (Å²) in [6.45, 7) is 2.42. The van der Waals surface area contributed by atoms with Crippen molar-refractivity contribution in [2.45, 2.75) is 25.9 Å². The van der Waals surface area contributed by atoms with E-state index in [0.717, 1.165) is 11.1 Å². The van der Waals surface area contributed by atoms with Crippen LogP contribution in [-0.4, -0.2) is 47.7 Å². The minimum Gasteiger partial charge on any atom is -0.349 e. The van der Waals surface area contributed by atoms with Crippen molar-refractivity contribution in [3.63, 3.8) is 0 Å². The first-order valence-electron chi connectivity index (χ1n) is 11.3. The van der Waals surface area contributed by atoms with Crippen LogP contribution in [0, 0.1) is 11.8 Å². The predicted molar refractivity (Wildman–Crippen MR) is 135 cm³/mol. The van der Waals surface area contributed by atoms with Crippen molar-refractivity contribution >= 4 is 35.0 Å². The molecule has 2 aromatic carbocycles. The topological polar surface area (TPSA) is 125 Å². The van der Waals surface area contributed by atoms with Gasteiger partial charge in [0.15, 0.2) is 0 Å².